The van der Waals surface area contributed by atoms with Gasteiger partial charge in [0.15, 0.2) is 0 Å². The summed E-state index contributed by atoms with van der Waals surface area (Å²) < 4.78 is 15.8. The van der Waals surface area contributed by atoms with E-state index in [9.17, 15) is 38.4 Å². The largest absolute Gasteiger partial charge is 0.464 e. The number of thioether (sulfide) groups is 2. The van der Waals surface area contributed by atoms with Crippen LogP contribution in [0.4, 0.5) is 0 Å². The quantitative estimate of drug-likeness (QED) is 0.112. The van der Waals surface area contributed by atoms with Gasteiger partial charge in [0.2, 0.25) is 28.0 Å². The summed E-state index contributed by atoms with van der Waals surface area (Å²) in [6.07, 6.45) is 0. The molecule has 48 heavy (non-hydrogen) atoms. The molecular formula is C31H35N3O11S3. The molecular weight excluding hydrogens is 687 g/mol. The van der Waals surface area contributed by atoms with E-state index in [1.54, 1.807) is 6.92 Å². The molecule has 14 nitrogen and oxygen atoms in total. The highest BCUT2D eigenvalue weighted by atomic mass is 32.2. The summed E-state index contributed by atoms with van der Waals surface area (Å²) in [7, 11) is 0. The number of thiol groups is 1. The van der Waals surface area contributed by atoms with Crippen LogP contribution in [0.3, 0.4) is 0 Å². The van der Waals surface area contributed by atoms with E-state index >= 15 is 0 Å². The molecule has 17 heteroatoms. The second-order valence-corrected chi connectivity index (χ2v) is 12.1. The zero-order chi connectivity index (χ0) is 35.8. The summed E-state index contributed by atoms with van der Waals surface area (Å²) in [5.41, 5.74) is -0.170. The maximum absolute atomic E-state index is 13.3. The molecule has 3 atom stereocenters. The molecule has 258 valence electrons. The first-order valence-corrected chi connectivity index (χ1v) is 16.9. The number of para-hydroxylation sites is 2. The van der Waals surface area contributed by atoms with Gasteiger partial charge in [-0.3, -0.25) is 24.0 Å². The lowest BCUT2D eigenvalue weighted by Gasteiger charge is -2.19. The number of carbonyl (C=O) groups excluding carboxylic acids is 8. The Morgan fingerprint density at radius 3 is 1.73 bits per heavy atom. The molecule has 2 aromatic carbocycles. The number of hydrogen-bond donors (Lipinski definition) is 4. The Hall–Kier alpha value is -4.35. The van der Waals surface area contributed by atoms with Crippen molar-refractivity contribution in [2.75, 3.05) is 23.9 Å². The summed E-state index contributed by atoms with van der Waals surface area (Å²) in [6.45, 7) is 5.28. The van der Waals surface area contributed by atoms with Gasteiger partial charge in [0.05, 0.1) is 12.2 Å². The minimum Gasteiger partial charge on any atom is -0.464 e. The van der Waals surface area contributed by atoms with Gasteiger partial charge in [0.1, 0.15) is 35.2 Å². The fourth-order valence-electron chi connectivity index (χ4n) is 3.78. The first-order valence-electron chi connectivity index (χ1n) is 14.3. The molecule has 0 spiro atoms. The van der Waals surface area contributed by atoms with E-state index in [0.717, 1.165) is 0 Å². The summed E-state index contributed by atoms with van der Waals surface area (Å²) >= 11 is 5.40. The molecule has 0 aliphatic carbocycles. The molecule has 0 aliphatic rings. The van der Waals surface area contributed by atoms with E-state index in [-0.39, 0.29) is 46.5 Å². The highest BCUT2D eigenvalue weighted by molar-refractivity contribution is 8.15. The van der Waals surface area contributed by atoms with Crippen molar-refractivity contribution in [3.05, 3.63) is 59.7 Å². The number of amides is 3. The number of hydrogen-bond acceptors (Lipinski definition) is 14. The van der Waals surface area contributed by atoms with Crippen LogP contribution >= 0.6 is 36.2 Å². The Kier molecular flexibility index (Phi) is 16.7. The van der Waals surface area contributed by atoms with Gasteiger partial charge in [-0.2, -0.15) is 12.6 Å². The van der Waals surface area contributed by atoms with Gasteiger partial charge in [-0.15, -0.1) is 0 Å². The average molecular weight is 722 g/mol. The Labute approximate surface area is 290 Å². The summed E-state index contributed by atoms with van der Waals surface area (Å²) in [5, 5.41) is 6.12. The second-order valence-electron chi connectivity index (χ2n) is 9.73. The van der Waals surface area contributed by atoms with Crippen LogP contribution in [0, 0.1) is 0 Å². The van der Waals surface area contributed by atoms with Crippen LogP contribution in [0.1, 0.15) is 48.4 Å². The maximum Gasteiger partial charge on any atom is 0.347 e. The third kappa shape index (κ3) is 13.0. The van der Waals surface area contributed by atoms with E-state index < -0.39 is 64.0 Å². The van der Waals surface area contributed by atoms with Crippen molar-refractivity contribution in [3.63, 3.8) is 0 Å². The average Bonchev–Trinajstić information content (AvgIpc) is 3.03. The summed E-state index contributed by atoms with van der Waals surface area (Å²) in [6, 6.07) is 8.21. The number of carbonyl (C=O) groups is 8. The number of esters is 3. The Balaban J connectivity index is 2.17. The number of rotatable bonds is 16. The fraction of sp³-hybridized carbons (Fsp3) is 0.355. The molecule has 0 radical (unpaired) electrons. The van der Waals surface area contributed by atoms with Crippen molar-refractivity contribution < 1.29 is 52.6 Å². The lowest BCUT2D eigenvalue weighted by atomic mass is 10.2. The lowest BCUT2D eigenvalue weighted by molar-refractivity contribution is -0.146. The highest BCUT2D eigenvalue weighted by Gasteiger charge is 2.28. The first-order chi connectivity index (χ1) is 22.8. The van der Waals surface area contributed by atoms with Crippen LogP contribution in [0.15, 0.2) is 48.5 Å². The minimum absolute atomic E-state index is 0.0270. The van der Waals surface area contributed by atoms with Gasteiger partial charge in [-0.05, 0) is 31.2 Å². The van der Waals surface area contributed by atoms with Crippen LogP contribution in [0.25, 0.3) is 0 Å². The summed E-state index contributed by atoms with van der Waals surface area (Å²) in [4.78, 5) is 99.1. The molecule has 0 saturated heterocycles. The summed E-state index contributed by atoms with van der Waals surface area (Å²) in [5.74, 6) is -4.80. The van der Waals surface area contributed by atoms with E-state index in [2.05, 4.69) is 28.6 Å². The molecule has 0 saturated carbocycles. The van der Waals surface area contributed by atoms with Gasteiger partial charge >= 0.3 is 17.9 Å². The van der Waals surface area contributed by atoms with Gasteiger partial charge < -0.3 is 30.2 Å². The van der Waals surface area contributed by atoms with Crippen molar-refractivity contribution in [2.45, 2.75) is 45.8 Å². The number of ether oxygens (including phenoxy) is 3. The van der Waals surface area contributed by atoms with Gasteiger partial charge in [0.25, 0.3) is 0 Å². The minimum atomic E-state index is -1.16. The number of nitrogens with one attached hydrogen (secondary N) is 3. The smallest absolute Gasteiger partial charge is 0.347 e. The molecule has 2 rings (SSSR count). The van der Waals surface area contributed by atoms with Gasteiger partial charge in [-0.1, -0.05) is 47.8 Å². The number of benzene rings is 2. The van der Waals surface area contributed by atoms with Crippen LogP contribution in [-0.2, 0) is 33.5 Å². The molecule has 0 aliphatic heterocycles. The monoisotopic (exact) mass is 721 g/mol. The highest BCUT2D eigenvalue weighted by Crippen LogP contribution is 2.27. The SMILES string of the molecule is CCOC(=O)C(CSC(=O)C(CSC(=O)c1ccccc1OC(=O)c1ccccc1OC(=O)C(CS)NC(C)=O)NC(C)=O)NC(C)=O. The topological polar surface area (TPSA) is 200 Å². The van der Waals surface area contributed by atoms with Gasteiger partial charge in [0, 0.05) is 38.0 Å². The van der Waals surface area contributed by atoms with Crippen LogP contribution in [0.5, 0.6) is 11.5 Å². The van der Waals surface area contributed by atoms with Crippen molar-refractivity contribution in [2.24, 2.45) is 0 Å². The van der Waals surface area contributed by atoms with Crippen LogP contribution in [-0.4, -0.2) is 87.9 Å². The molecule has 0 bridgehead atoms. The third-order valence-electron chi connectivity index (χ3n) is 5.86. The molecule has 2 aromatic rings. The van der Waals surface area contributed by atoms with E-state index in [0.29, 0.717) is 23.5 Å². The van der Waals surface area contributed by atoms with E-state index in [1.807, 2.05) is 0 Å². The Morgan fingerprint density at radius 1 is 0.667 bits per heavy atom. The van der Waals surface area contributed by atoms with E-state index in [4.69, 9.17) is 14.2 Å². The molecule has 3 N–H and O–H groups in total. The standard InChI is InChI=1S/C31H35N3O11S3/c1-5-43-28(39)23(33-18(3)36)15-48-31(42)24(34-19(4)37)16-47-30(41)21-11-7-9-13-26(21)44-27(38)20-10-6-8-12-25(20)45-29(40)22(14-46)32-17(2)35/h6-13,22-24,46H,5,14-16H2,1-4H3,(H,32,35)(H,33,36)(H,34,37). The lowest BCUT2D eigenvalue weighted by Crippen LogP contribution is -2.44. The Morgan fingerprint density at radius 2 is 1.17 bits per heavy atom. The molecule has 3 unspecified atom stereocenters. The van der Waals surface area contributed by atoms with Crippen molar-refractivity contribution >= 4 is 82.0 Å². The predicted molar refractivity (Wildman–Crippen MR) is 181 cm³/mol. The fourth-order valence-corrected chi connectivity index (χ4v) is 5.90. The molecule has 3 amide bonds. The predicted octanol–water partition coefficient (Wildman–Crippen LogP) is 1.95. The molecule has 0 aromatic heterocycles. The molecule has 0 fully saturated rings. The second kappa shape index (κ2) is 20.1. The normalized spacial score (nSPS) is 12.4. The Bertz CT molecular complexity index is 1540. The van der Waals surface area contributed by atoms with Crippen LogP contribution < -0.4 is 25.4 Å². The van der Waals surface area contributed by atoms with Crippen molar-refractivity contribution in [1.29, 1.82) is 0 Å². The molecule has 0 heterocycles. The maximum atomic E-state index is 13.3. The van der Waals surface area contributed by atoms with E-state index in [1.165, 1.54) is 69.3 Å². The zero-order valence-electron chi connectivity index (χ0n) is 26.4. The van der Waals surface area contributed by atoms with Crippen molar-refractivity contribution in [1.82, 2.24) is 16.0 Å². The first kappa shape index (κ1) is 39.8. The van der Waals surface area contributed by atoms with Crippen LogP contribution in [0.2, 0.25) is 0 Å². The van der Waals surface area contributed by atoms with Gasteiger partial charge in [-0.25, -0.2) is 14.4 Å². The van der Waals surface area contributed by atoms with Crippen molar-refractivity contribution in [3.8, 4) is 11.5 Å². The third-order valence-corrected chi connectivity index (χ3v) is 8.27. The zero-order valence-corrected chi connectivity index (χ0v) is 29.0.